The minimum Gasteiger partial charge on any atom is -0.497 e. The lowest BCUT2D eigenvalue weighted by atomic mass is 10.2. The van der Waals surface area contributed by atoms with E-state index in [2.05, 4.69) is 22.1 Å². The third-order valence-corrected chi connectivity index (χ3v) is 5.42. The first kappa shape index (κ1) is 22.0. The Bertz CT molecular complexity index is 1060. The van der Waals surface area contributed by atoms with Crippen molar-refractivity contribution in [3.05, 3.63) is 88.3 Å². The SMILES string of the molecule is C=CCn1c(CNC(=O)c2ccc(OC)cc2)nnc1SCc1ccc([N+](=O)[O-])cc1. The summed E-state index contributed by atoms with van der Waals surface area (Å²) in [5.41, 5.74) is 1.50. The van der Waals surface area contributed by atoms with E-state index >= 15 is 0 Å². The van der Waals surface area contributed by atoms with Gasteiger partial charge >= 0.3 is 0 Å². The molecule has 0 fully saturated rings. The Balaban J connectivity index is 1.64. The molecule has 160 valence electrons. The molecule has 0 aliphatic rings. The average Bonchev–Trinajstić information content (AvgIpc) is 3.18. The topological polar surface area (TPSA) is 112 Å². The fourth-order valence-corrected chi connectivity index (χ4v) is 3.66. The molecule has 0 spiro atoms. The third-order valence-electron chi connectivity index (χ3n) is 4.38. The number of amides is 1. The Morgan fingerprint density at radius 3 is 2.55 bits per heavy atom. The maximum absolute atomic E-state index is 12.4. The van der Waals surface area contributed by atoms with Gasteiger partial charge in [-0.1, -0.05) is 30.0 Å². The predicted molar refractivity (Wildman–Crippen MR) is 117 cm³/mol. The van der Waals surface area contributed by atoms with Gasteiger partial charge in [0.2, 0.25) is 0 Å². The first-order valence-corrected chi connectivity index (χ1v) is 10.3. The second-order valence-electron chi connectivity index (χ2n) is 6.42. The molecule has 0 atom stereocenters. The van der Waals surface area contributed by atoms with Crippen LogP contribution in [0.15, 0.2) is 66.3 Å². The van der Waals surface area contributed by atoms with Gasteiger partial charge in [-0.3, -0.25) is 14.9 Å². The van der Waals surface area contributed by atoms with Crippen LogP contribution in [0.4, 0.5) is 5.69 Å². The number of hydrogen-bond acceptors (Lipinski definition) is 7. The normalized spacial score (nSPS) is 10.5. The number of methoxy groups -OCH3 is 1. The largest absolute Gasteiger partial charge is 0.497 e. The van der Waals surface area contributed by atoms with Gasteiger partial charge in [-0.25, -0.2) is 0 Å². The van der Waals surface area contributed by atoms with E-state index in [1.54, 1.807) is 49.6 Å². The number of hydrogen-bond donors (Lipinski definition) is 1. The molecule has 0 unspecified atom stereocenters. The summed E-state index contributed by atoms with van der Waals surface area (Å²) in [4.78, 5) is 22.7. The molecule has 2 aromatic carbocycles. The fourth-order valence-electron chi connectivity index (χ4n) is 2.73. The Morgan fingerprint density at radius 1 is 1.23 bits per heavy atom. The summed E-state index contributed by atoms with van der Waals surface area (Å²) in [6, 6.07) is 13.2. The molecular formula is C21H21N5O4S. The molecule has 9 nitrogen and oxygen atoms in total. The minimum atomic E-state index is -0.426. The van der Waals surface area contributed by atoms with Crippen LogP contribution in [0.3, 0.4) is 0 Å². The monoisotopic (exact) mass is 439 g/mol. The molecule has 0 radical (unpaired) electrons. The Kier molecular flexibility index (Phi) is 7.39. The molecule has 0 aliphatic carbocycles. The highest BCUT2D eigenvalue weighted by atomic mass is 32.2. The Hall–Kier alpha value is -3.66. The molecule has 0 aliphatic heterocycles. The van der Waals surface area contributed by atoms with Crippen molar-refractivity contribution < 1.29 is 14.5 Å². The number of ether oxygens (including phenoxy) is 1. The highest BCUT2D eigenvalue weighted by Crippen LogP contribution is 2.23. The molecular weight excluding hydrogens is 418 g/mol. The molecule has 1 aromatic heterocycles. The van der Waals surface area contributed by atoms with E-state index in [-0.39, 0.29) is 18.1 Å². The summed E-state index contributed by atoms with van der Waals surface area (Å²) in [5.74, 6) is 1.63. The number of allylic oxidation sites excluding steroid dienone is 1. The lowest BCUT2D eigenvalue weighted by Gasteiger charge is -2.09. The number of nitro groups is 1. The molecule has 0 saturated heterocycles. The maximum Gasteiger partial charge on any atom is 0.269 e. The minimum absolute atomic E-state index is 0.0541. The van der Waals surface area contributed by atoms with Gasteiger partial charge < -0.3 is 14.6 Å². The van der Waals surface area contributed by atoms with E-state index in [0.29, 0.717) is 34.6 Å². The number of non-ortho nitro benzene ring substituents is 1. The Morgan fingerprint density at radius 2 is 1.94 bits per heavy atom. The van der Waals surface area contributed by atoms with Gasteiger partial charge in [-0.15, -0.1) is 16.8 Å². The maximum atomic E-state index is 12.4. The number of carbonyl (C=O) groups excluding carboxylic acids is 1. The van der Waals surface area contributed by atoms with Crippen LogP contribution in [-0.2, 0) is 18.8 Å². The van der Waals surface area contributed by atoms with Crippen molar-refractivity contribution in [1.29, 1.82) is 0 Å². The van der Waals surface area contributed by atoms with E-state index in [4.69, 9.17) is 4.74 Å². The third kappa shape index (κ3) is 5.70. The van der Waals surface area contributed by atoms with Crippen molar-refractivity contribution in [2.75, 3.05) is 7.11 Å². The van der Waals surface area contributed by atoms with Crippen molar-refractivity contribution in [2.24, 2.45) is 0 Å². The summed E-state index contributed by atoms with van der Waals surface area (Å²) >= 11 is 1.46. The van der Waals surface area contributed by atoms with Crippen LogP contribution in [-0.4, -0.2) is 32.7 Å². The molecule has 3 aromatic rings. The van der Waals surface area contributed by atoms with E-state index in [0.717, 1.165) is 5.56 Å². The fraction of sp³-hybridized carbons (Fsp3) is 0.190. The number of rotatable bonds is 10. The second kappa shape index (κ2) is 10.4. The van der Waals surface area contributed by atoms with Gasteiger partial charge in [0, 0.05) is 30.0 Å². The molecule has 1 N–H and O–H groups in total. The average molecular weight is 439 g/mol. The molecule has 0 saturated carbocycles. The molecule has 1 amide bonds. The smallest absolute Gasteiger partial charge is 0.269 e. The van der Waals surface area contributed by atoms with Crippen molar-refractivity contribution in [3.8, 4) is 5.75 Å². The zero-order chi connectivity index (χ0) is 22.2. The summed E-state index contributed by atoms with van der Waals surface area (Å²) < 4.78 is 6.97. The number of thioether (sulfide) groups is 1. The van der Waals surface area contributed by atoms with Crippen LogP contribution in [0.5, 0.6) is 5.75 Å². The van der Waals surface area contributed by atoms with Crippen LogP contribution in [0.1, 0.15) is 21.7 Å². The van der Waals surface area contributed by atoms with Crippen LogP contribution in [0.25, 0.3) is 0 Å². The number of carbonyl (C=O) groups is 1. The molecule has 31 heavy (non-hydrogen) atoms. The number of nitro benzene ring substituents is 1. The Labute approximate surface area is 183 Å². The van der Waals surface area contributed by atoms with Gasteiger partial charge in [-0.05, 0) is 29.8 Å². The van der Waals surface area contributed by atoms with Crippen molar-refractivity contribution in [2.45, 2.75) is 24.0 Å². The summed E-state index contributed by atoms with van der Waals surface area (Å²) in [6.07, 6.45) is 1.73. The lowest BCUT2D eigenvalue weighted by Crippen LogP contribution is -2.24. The number of aromatic nitrogens is 3. The van der Waals surface area contributed by atoms with Crippen LogP contribution in [0, 0.1) is 10.1 Å². The zero-order valence-electron chi connectivity index (χ0n) is 16.9. The summed E-state index contributed by atoms with van der Waals surface area (Å²) in [5, 5.41) is 22.7. The van der Waals surface area contributed by atoms with Gasteiger partial charge in [0.05, 0.1) is 18.6 Å². The van der Waals surface area contributed by atoms with Gasteiger partial charge in [0.25, 0.3) is 11.6 Å². The van der Waals surface area contributed by atoms with Gasteiger partial charge in [-0.2, -0.15) is 0 Å². The van der Waals surface area contributed by atoms with Crippen LogP contribution < -0.4 is 10.1 Å². The van der Waals surface area contributed by atoms with E-state index < -0.39 is 4.92 Å². The number of nitrogens with zero attached hydrogens (tertiary/aromatic N) is 4. The molecule has 3 rings (SSSR count). The van der Waals surface area contributed by atoms with Gasteiger partial charge in [0.15, 0.2) is 11.0 Å². The van der Waals surface area contributed by atoms with Crippen LogP contribution in [0.2, 0.25) is 0 Å². The summed E-state index contributed by atoms with van der Waals surface area (Å²) in [7, 11) is 1.57. The van der Waals surface area contributed by atoms with Gasteiger partial charge in [0.1, 0.15) is 5.75 Å². The zero-order valence-corrected chi connectivity index (χ0v) is 17.7. The molecule has 0 bridgehead atoms. The summed E-state index contributed by atoms with van der Waals surface area (Å²) in [6.45, 7) is 4.47. The highest BCUT2D eigenvalue weighted by molar-refractivity contribution is 7.98. The van der Waals surface area contributed by atoms with Crippen molar-refractivity contribution in [3.63, 3.8) is 0 Å². The number of benzene rings is 2. The van der Waals surface area contributed by atoms with E-state index in [1.807, 2.05) is 4.57 Å². The van der Waals surface area contributed by atoms with Crippen LogP contribution >= 0.6 is 11.8 Å². The lowest BCUT2D eigenvalue weighted by molar-refractivity contribution is -0.384. The second-order valence-corrected chi connectivity index (χ2v) is 7.36. The quantitative estimate of drug-likeness (QED) is 0.222. The van der Waals surface area contributed by atoms with E-state index in [9.17, 15) is 14.9 Å². The van der Waals surface area contributed by atoms with Crippen molar-refractivity contribution in [1.82, 2.24) is 20.1 Å². The molecule has 1 heterocycles. The standard InChI is InChI=1S/C21H21N5O4S/c1-3-12-25-19(13-22-20(27)16-6-10-18(30-2)11-7-16)23-24-21(25)31-14-15-4-8-17(9-5-15)26(28)29/h3-11H,1,12-14H2,2H3,(H,22,27). The number of nitrogens with one attached hydrogen (secondary N) is 1. The predicted octanol–water partition coefficient (Wildman–Crippen LogP) is 3.60. The van der Waals surface area contributed by atoms with Crippen molar-refractivity contribution >= 4 is 23.4 Å². The first-order valence-electron chi connectivity index (χ1n) is 9.33. The highest BCUT2D eigenvalue weighted by Gasteiger charge is 2.14. The molecule has 10 heteroatoms. The van der Waals surface area contributed by atoms with E-state index in [1.165, 1.54) is 23.9 Å². The first-order chi connectivity index (χ1) is 15.0.